The topological polar surface area (TPSA) is 155 Å². The maximum Gasteiger partial charge on any atom is 0.306 e. The largest absolute Gasteiger partial charge is 0.466 e. The summed E-state index contributed by atoms with van der Waals surface area (Å²) in [4.78, 5) is 52.4. The highest BCUT2D eigenvalue weighted by Gasteiger charge is 2.33. The normalized spacial score (nSPS) is 12.5. The first-order chi connectivity index (χ1) is 15.8. The Morgan fingerprint density at radius 1 is 1.12 bits per heavy atom. The molecule has 3 rings (SSSR count). The molecule has 0 aliphatic carbocycles. The molecule has 0 unspecified atom stereocenters. The molecule has 1 aromatic heterocycles. The van der Waals surface area contributed by atoms with Gasteiger partial charge in [0, 0.05) is 29.6 Å². The van der Waals surface area contributed by atoms with E-state index in [-0.39, 0.29) is 24.3 Å². The van der Waals surface area contributed by atoms with Crippen molar-refractivity contribution in [1.82, 2.24) is 10.3 Å². The van der Waals surface area contributed by atoms with E-state index >= 15 is 0 Å². The number of primary amides is 1. The highest BCUT2D eigenvalue weighted by molar-refractivity contribution is 6.06. The number of carbonyl (C=O) groups is 3. The smallest absolute Gasteiger partial charge is 0.306 e. The highest BCUT2D eigenvalue weighted by atomic mass is 16.6. The summed E-state index contributed by atoms with van der Waals surface area (Å²) in [5.74, 6) is -2.98. The Balaban J connectivity index is 1.97. The second kappa shape index (κ2) is 10.3. The average Bonchev–Trinajstić information content (AvgIpc) is 2.80. The number of hydrogen-bond donors (Lipinski definition) is 2. The molecule has 0 bridgehead atoms. The standard InChI is InChI=1S/C23H22N4O6/c1-2-33-19(28)13-18(14-8-10-16(11-9-14)27(31)32)21(22(24)29)26-23(30)17-7-3-5-15-6-4-12-25-20(15)17/h3-12,18,21H,2,13H2,1H3,(H2,24,29)(H,26,30)/t18-,21+/m1/s1. The zero-order chi connectivity index (χ0) is 24.0. The third-order valence-electron chi connectivity index (χ3n) is 5.10. The van der Waals surface area contributed by atoms with Gasteiger partial charge in [-0.2, -0.15) is 0 Å². The molecule has 0 aliphatic heterocycles. The van der Waals surface area contributed by atoms with Gasteiger partial charge in [-0.05, 0) is 24.6 Å². The molecule has 10 nitrogen and oxygen atoms in total. The third-order valence-corrected chi connectivity index (χ3v) is 5.10. The summed E-state index contributed by atoms with van der Waals surface area (Å²) in [6, 6.07) is 12.6. The molecule has 0 spiro atoms. The van der Waals surface area contributed by atoms with E-state index in [1.807, 2.05) is 0 Å². The summed E-state index contributed by atoms with van der Waals surface area (Å²) < 4.78 is 5.01. The lowest BCUT2D eigenvalue weighted by molar-refractivity contribution is -0.384. The van der Waals surface area contributed by atoms with Crippen molar-refractivity contribution in [3.05, 3.63) is 82.0 Å². The number of rotatable bonds is 9. The van der Waals surface area contributed by atoms with Crippen molar-refractivity contribution in [2.24, 2.45) is 5.73 Å². The Labute approximate surface area is 188 Å². The summed E-state index contributed by atoms with van der Waals surface area (Å²) in [6.45, 7) is 1.76. The number of nitro benzene ring substituents is 1. The van der Waals surface area contributed by atoms with Crippen molar-refractivity contribution in [3.8, 4) is 0 Å². The van der Waals surface area contributed by atoms with E-state index in [9.17, 15) is 24.5 Å². The molecule has 2 aromatic carbocycles. The molecule has 0 radical (unpaired) electrons. The maximum absolute atomic E-state index is 13.1. The summed E-state index contributed by atoms with van der Waals surface area (Å²) in [5, 5.41) is 14.3. The van der Waals surface area contributed by atoms with E-state index < -0.39 is 34.7 Å². The van der Waals surface area contributed by atoms with Crippen LogP contribution in [0, 0.1) is 10.1 Å². The number of non-ortho nitro benzene ring substituents is 1. The number of esters is 1. The molecule has 0 aliphatic rings. The monoisotopic (exact) mass is 450 g/mol. The van der Waals surface area contributed by atoms with Crippen molar-refractivity contribution in [2.75, 3.05) is 6.61 Å². The minimum absolute atomic E-state index is 0.126. The number of nitrogens with one attached hydrogen (secondary N) is 1. The molecule has 2 amide bonds. The van der Waals surface area contributed by atoms with Gasteiger partial charge in [0.05, 0.1) is 29.0 Å². The number of fused-ring (bicyclic) bond motifs is 1. The predicted molar refractivity (Wildman–Crippen MR) is 119 cm³/mol. The SMILES string of the molecule is CCOC(=O)C[C@H](c1ccc([N+](=O)[O-])cc1)[C@H](NC(=O)c1cccc2cccnc12)C(N)=O. The van der Waals surface area contributed by atoms with E-state index in [0.29, 0.717) is 11.1 Å². The van der Waals surface area contributed by atoms with Crippen molar-refractivity contribution in [1.29, 1.82) is 0 Å². The van der Waals surface area contributed by atoms with Gasteiger partial charge in [0.1, 0.15) is 6.04 Å². The number of amides is 2. The fraction of sp³-hybridized carbons (Fsp3) is 0.217. The lowest BCUT2D eigenvalue weighted by Gasteiger charge is -2.25. The molecule has 0 saturated heterocycles. The molecule has 33 heavy (non-hydrogen) atoms. The highest BCUT2D eigenvalue weighted by Crippen LogP contribution is 2.27. The van der Waals surface area contributed by atoms with Crippen LogP contribution in [0.25, 0.3) is 10.9 Å². The second-order valence-electron chi connectivity index (χ2n) is 7.20. The minimum atomic E-state index is -1.29. The first-order valence-corrected chi connectivity index (χ1v) is 10.2. The molecule has 1 heterocycles. The lowest BCUT2D eigenvalue weighted by atomic mass is 9.87. The van der Waals surface area contributed by atoms with Crippen molar-refractivity contribution in [2.45, 2.75) is 25.3 Å². The van der Waals surface area contributed by atoms with E-state index in [0.717, 1.165) is 5.39 Å². The lowest BCUT2D eigenvalue weighted by Crippen LogP contribution is -2.48. The summed E-state index contributed by atoms with van der Waals surface area (Å²) in [6.07, 6.45) is 1.28. The van der Waals surface area contributed by atoms with Gasteiger partial charge in [0.25, 0.3) is 11.6 Å². The van der Waals surface area contributed by atoms with Crippen LogP contribution < -0.4 is 11.1 Å². The van der Waals surface area contributed by atoms with Gasteiger partial charge in [-0.25, -0.2) is 0 Å². The number of nitro groups is 1. The molecule has 170 valence electrons. The quantitative estimate of drug-likeness (QED) is 0.288. The Bertz CT molecular complexity index is 1190. The third kappa shape index (κ3) is 5.48. The van der Waals surface area contributed by atoms with Gasteiger partial charge < -0.3 is 15.8 Å². The van der Waals surface area contributed by atoms with Crippen molar-refractivity contribution < 1.29 is 24.0 Å². The zero-order valence-electron chi connectivity index (χ0n) is 17.8. The van der Waals surface area contributed by atoms with Gasteiger partial charge in [-0.15, -0.1) is 0 Å². The molecule has 2 atom stereocenters. The number of nitrogens with zero attached hydrogens (tertiary/aromatic N) is 2. The van der Waals surface area contributed by atoms with Crippen molar-refractivity contribution in [3.63, 3.8) is 0 Å². The molecule has 10 heteroatoms. The Kier molecular flexibility index (Phi) is 7.29. The van der Waals surface area contributed by atoms with Crippen LogP contribution in [0.3, 0.4) is 0 Å². The number of nitrogens with two attached hydrogens (primary N) is 1. The number of hydrogen-bond acceptors (Lipinski definition) is 7. The van der Waals surface area contributed by atoms with Crippen LogP contribution in [0.4, 0.5) is 5.69 Å². The maximum atomic E-state index is 13.1. The zero-order valence-corrected chi connectivity index (χ0v) is 17.8. The van der Waals surface area contributed by atoms with Crippen LogP contribution in [0.5, 0.6) is 0 Å². The Hall–Kier alpha value is -4.34. The molecule has 3 N–H and O–H groups in total. The van der Waals surface area contributed by atoms with Crippen LogP contribution in [-0.4, -0.2) is 40.3 Å². The molecular formula is C23H22N4O6. The van der Waals surface area contributed by atoms with Crippen LogP contribution >= 0.6 is 0 Å². The number of aromatic nitrogens is 1. The van der Waals surface area contributed by atoms with Crippen LogP contribution in [0.1, 0.15) is 35.2 Å². The summed E-state index contributed by atoms with van der Waals surface area (Å²) >= 11 is 0. The summed E-state index contributed by atoms with van der Waals surface area (Å²) in [7, 11) is 0. The van der Waals surface area contributed by atoms with Gasteiger partial charge in [-0.1, -0.05) is 30.3 Å². The minimum Gasteiger partial charge on any atom is -0.466 e. The number of benzene rings is 2. The second-order valence-corrected chi connectivity index (χ2v) is 7.20. The first kappa shape index (κ1) is 23.3. The van der Waals surface area contributed by atoms with E-state index in [4.69, 9.17) is 10.5 Å². The van der Waals surface area contributed by atoms with Crippen LogP contribution in [0.15, 0.2) is 60.8 Å². The van der Waals surface area contributed by atoms with Gasteiger partial charge in [0.2, 0.25) is 5.91 Å². The number of pyridine rings is 1. The fourth-order valence-corrected chi connectivity index (χ4v) is 3.55. The molecular weight excluding hydrogens is 428 g/mol. The van der Waals surface area contributed by atoms with Crippen LogP contribution in [-0.2, 0) is 14.3 Å². The predicted octanol–water partition coefficient (Wildman–Crippen LogP) is 2.46. The van der Waals surface area contributed by atoms with E-state index in [1.54, 1.807) is 43.5 Å². The average molecular weight is 450 g/mol. The molecule has 0 saturated carbocycles. The Morgan fingerprint density at radius 2 is 1.82 bits per heavy atom. The van der Waals surface area contributed by atoms with Gasteiger partial charge in [-0.3, -0.25) is 29.5 Å². The van der Waals surface area contributed by atoms with E-state index in [2.05, 4.69) is 10.3 Å². The van der Waals surface area contributed by atoms with Crippen LogP contribution in [0.2, 0.25) is 0 Å². The van der Waals surface area contributed by atoms with Crippen molar-refractivity contribution >= 4 is 34.4 Å². The Morgan fingerprint density at radius 3 is 2.45 bits per heavy atom. The fourth-order valence-electron chi connectivity index (χ4n) is 3.55. The van der Waals surface area contributed by atoms with Gasteiger partial charge >= 0.3 is 5.97 Å². The molecule has 3 aromatic rings. The first-order valence-electron chi connectivity index (χ1n) is 10.2. The number of ether oxygens (including phenoxy) is 1. The van der Waals surface area contributed by atoms with Gasteiger partial charge in [0.15, 0.2) is 0 Å². The summed E-state index contributed by atoms with van der Waals surface area (Å²) in [5.41, 5.74) is 6.54. The van der Waals surface area contributed by atoms with E-state index in [1.165, 1.54) is 24.3 Å². The number of para-hydroxylation sites is 1. The number of carbonyl (C=O) groups excluding carboxylic acids is 3. The molecule has 0 fully saturated rings.